The van der Waals surface area contributed by atoms with Crippen LogP contribution in [0.15, 0.2) is 56.6 Å². The van der Waals surface area contributed by atoms with Gasteiger partial charge in [-0.25, -0.2) is 4.79 Å². The van der Waals surface area contributed by atoms with Gasteiger partial charge in [0.05, 0.1) is 17.4 Å². The maximum Gasteiger partial charge on any atom is 0.328 e. The van der Waals surface area contributed by atoms with Crippen LogP contribution in [0.5, 0.6) is 0 Å². The number of aryl methyl sites for hydroxylation is 1. The van der Waals surface area contributed by atoms with E-state index in [1.165, 1.54) is 5.56 Å². The normalized spacial score (nSPS) is 14.5. The first-order chi connectivity index (χ1) is 16.9. The minimum atomic E-state index is -0.477. The number of piperazine rings is 1. The molecule has 0 spiro atoms. The molecule has 10 heteroatoms. The zero-order chi connectivity index (χ0) is 24.5. The fourth-order valence-corrected chi connectivity index (χ4v) is 4.30. The van der Waals surface area contributed by atoms with E-state index in [-0.39, 0.29) is 18.0 Å². The van der Waals surface area contributed by atoms with Gasteiger partial charge in [-0.15, -0.1) is 0 Å². The molecular formula is C25H26N6O4. The van der Waals surface area contributed by atoms with E-state index in [1.807, 2.05) is 31.2 Å². The summed E-state index contributed by atoms with van der Waals surface area (Å²) in [6.45, 7) is 6.99. The largest absolute Gasteiger partial charge is 0.338 e. The van der Waals surface area contributed by atoms with Crippen molar-refractivity contribution >= 4 is 16.8 Å². The van der Waals surface area contributed by atoms with E-state index < -0.39 is 5.69 Å². The van der Waals surface area contributed by atoms with Crippen LogP contribution in [0.4, 0.5) is 0 Å². The smallest absolute Gasteiger partial charge is 0.328 e. The van der Waals surface area contributed by atoms with Crippen molar-refractivity contribution in [3.8, 4) is 11.4 Å². The van der Waals surface area contributed by atoms with Crippen LogP contribution in [0.3, 0.4) is 0 Å². The van der Waals surface area contributed by atoms with Crippen LogP contribution >= 0.6 is 0 Å². The number of rotatable bonds is 5. The highest BCUT2D eigenvalue weighted by molar-refractivity contribution is 5.97. The molecule has 5 rings (SSSR count). The maximum atomic E-state index is 13.1. The van der Waals surface area contributed by atoms with Crippen molar-refractivity contribution in [1.29, 1.82) is 0 Å². The summed E-state index contributed by atoms with van der Waals surface area (Å²) < 4.78 is 6.57. The molecule has 2 aromatic carbocycles. The molecule has 0 bridgehead atoms. The predicted octanol–water partition coefficient (Wildman–Crippen LogP) is 2.03. The molecule has 0 aliphatic carbocycles. The summed E-state index contributed by atoms with van der Waals surface area (Å²) in [5, 5.41) is 4.47. The van der Waals surface area contributed by atoms with Crippen molar-refractivity contribution in [1.82, 2.24) is 29.5 Å². The Labute approximate surface area is 200 Å². The number of fused-ring (bicyclic) bond motifs is 1. The Morgan fingerprint density at radius 3 is 2.51 bits per heavy atom. The highest BCUT2D eigenvalue weighted by Gasteiger charge is 2.24. The van der Waals surface area contributed by atoms with Gasteiger partial charge in [0.15, 0.2) is 0 Å². The van der Waals surface area contributed by atoms with E-state index in [2.05, 4.69) is 20.0 Å². The third-order valence-electron chi connectivity index (χ3n) is 6.34. The van der Waals surface area contributed by atoms with Crippen LogP contribution in [0, 0.1) is 6.92 Å². The quantitative estimate of drug-likeness (QED) is 0.470. The molecule has 1 aliphatic heterocycles. The summed E-state index contributed by atoms with van der Waals surface area (Å²) in [7, 11) is 0. The van der Waals surface area contributed by atoms with Crippen molar-refractivity contribution in [2.75, 3.05) is 26.2 Å². The first-order valence-electron chi connectivity index (χ1n) is 11.6. The van der Waals surface area contributed by atoms with E-state index in [1.54, 1.807) is 30.0 Å². The highest BCUT2D eigenvalue weighted by atomic mass is 16.5. The predicted molar refractivity (Wildman–Crippen MR) is 130 cm³/mol. The van der Waals surface area contributed by atoms with Gasteiger partial charge in [-0.3, -0.25) is 19.1 Å². The van der Waals surface area contributed by atoms with Crippen molar-refractivity contribution in [3.05, 3.63) is 80.3 Å². The van der Waals surface area contributed by atoms with Crippen LogP contribution < -0.4 is 11.2 Å². The van der Waals surface area contributed by atoms with Crippen LogP contribution in [-0.2, 0) is 13.1 Å². The zero-order valence-electron chi connectivity index (χ0n) is 19.7. The molecule has 1 fully saturated rings. The molecule has 4 aromatic rings. The number of carbonyl (C=O) groups excluding carboxylic acids is 1. The molecule has 10 nitrogen and oxygen atoms in total. The molecule has 35 heavy (non-hydrogen) atoms. The molecule has 180 valence electrons. The molecule has 3 heterocycles. The second kappa shape index (κ2) is 9.30. The fourth-order valence-electron chi connectivity index (χ4n) is 4.30. The number of hydrogen-bond acceptors (Lipinski definition) is 7. The first-order valence-corrected chi connectivity index (χ1v) is 11.6. The average molecular weight is 475 g/mol. The van der Waals surface area contributed by atoms with E-state index in [9.17, 15) is 14.4 Å². The van der Waals surface area contributed by atoms with Gasteiger partial charge >= 0.3 is 5.69 Å². The van der Waals surface area contributed by atoms with E-state index in [0.29, 0.717) is 60.9 Å². The lowest BCUT2D eigenvalue weighted by Crippen LogP contribution is -2.48. The molecule has 1 aliphatic rings. The summed E-state index contributed by atoms with van der Waals surface area (Å²) >= 11 is 0. The third kappa shape index (κ3) is 4.52. The van der Waals surface area contributed by atoms with Crippen LogP contribution in [0.1, 0.15) is 28.7 Å². The number of aromatic amines is 1. The number of aromatic nitrogens is 4. The molecule has 2 aromatic heterocycles. The lowest BCUT2D eigenvalue weighted by Gasteiger charge is -2.34. The Bertz CT molecular complexity index is 1490. The van der Waals surface area contributed by atoms with Crippen molar-refractivity contribution in [3.63, 3.8) is 0 Å². The molecule has 1 saturated heterocycles. The van der Waals surface area contributed by atoms with Gasteiger partial charge in [-0.1, -0.05) is 35.0 Å². The van der Waals surface area contributed by atoms with Gasteiger partial charge in [0, 0.05) is 43.9 Å². The van der Waals surface area contributed by atoms with Gasteiger partial charge in [0.25, 0.3) is 11.5 Å². The second-order valence-electron chi connectivity index (χ2n) is 8.69. The molecule has 0 saturated carbocycles. The number of hydrogen-bond donors (Lipinski definition) is 1. The molecule has 1 N–H and O–H groups in total. The van der Waals surface area contributed by atoms with Gasteiger partial charge in [0.1, 0.15) is 0 Å². The Morgan fingerprint density at radius 1 is 1.06 bits per heavy atom. The molecular weight excluding hydrogens is 448 g/mol. The van der Waals surface area contributed by atoms with E-state index in [4.69, 9.17) is 4.52 Å². The monoisotopic (exact) mass is 474 g/mol. The van der Waals surface area contributed by atoms with Crippen molar-refractivity contribution in [2.45, 2.75) is 26.9 Å². The van der Waals surface area contributed by atoms with Gasteiger partial charge in [0.2, 0.25) is 11.7 Å². The van der Waals surface area contributed by atoms with Gasteiger partial charge in [-0.05, 0) is 32.0 Å². The number of H-pyrrole nitrogens is 1. The van der Waals surface area contributed by atoms with E-state index in [0.717, 1.165) is 10.1 Å². The lowest BCUT2D eigenvalue weighted by molar-refractivity contribution is 0.0615. The maximum absolute atomic E-state index is 13.1. The summed E-state index contributed by atoms with van der Waals surface area (Å²) in [5.74, 6) is 0.969. The SMILES string of the molecule is CCn1c(=O)[nH]c2cc(C(=O)N3CCN(Cc4nc(-c5ccc(C)cc5)no4)CC3)ccc2c1=O. The number of benzene rings is 2. The minimum absolute atomic E-state index is 0.133. The number of amides is 1. The second-order valence-corrected chi connectivity index (χ2v) is 8.69. The Hall–Kier alpha value is -4.05. The number of nitrogens with one attached hydrogen (secondary N) is 1. The number of nitrogens with zero attached hydrogens (tertiary/aromatic N) is 5. The van der Waals surface area contributed by atoms with Crippen LogP contribution in [-0.4, -0.2) is 61.6 Å². The zero-order valence-corrected chi connectivity index (χ0v) is 19.7. The summed E-state index contributed by atoms with van der Waals surface area (Å²) in [5.41, 5.74) is 2.05. The minimum Gasteiger partial charge on any atom is -0.338 e. The lowest BCUT2D eigenvalue weighted by atomic mass is 10.1. The van der Waals surface area contributed by atoms with Crippen LogP contribution in [0.25, 0.3) is 22.3 Å². The van der Waals surface area contributed by atoms with E-state index >= 15 is 0 Å². The summed E-state index contributed by atoms with van der Waals surface area (Å²) in [4.78, 5) is 48.8. The molecule has 0 radical (unpaired) electrons. The standard InChI is InChI=1S/C25H26N6O4/c1-3-31-24(33)19-9-8-18(14-20(19)26-25(31)34)23(32)30-12-10-29(11-13-30)15-21-27-22(28-35-21)17-6-4-16(2)5-7-17/h4-9,14H,3,10-13,15H2,1-2H3,(H,26,34). The summed E-state index contributed by atoms with van der Waals surface area (Å²) in [6.07, 6.45) is 0. The average Bonchev–Trinajstić information content (AvgIpc) is 3.33. The molecule has 1 amide bonds. The van der Waals surface area contributed by atoms with Gasteiger partial charge < -0.3 is 14.4 Å². The summed E-state index contributed by atoms with van der Waals surface area (Å²) in [6, 6.07) is 12.8. The molecule has 0 unspecified atom stereocenters. The third-order valence-corrected chi connectivity index (χ3v) is 6.34. The van der Waals surface area contributed by atoms with Crippen molar-refractivity contribution in [2.24, 2.45) is 0 Å². The molecule has 0 atom stereocenters. The van der Waals surface area contributed by atoms with Gasteiger partial charge in [-0.2, -0.15) is 4.98 Å². The first kappa shape index (κ1) is 22.7. The van der Waals surface area contributed by atoms with Crippen molar-refractivity contribution < 1.29 is 9.32 Å². The Kier molecular flexibility index (Phi) is 6.04. The van der Waals surface area contributed by atoms with Crippen LogP contribution in [0.2, 0.25) is 0 Å². The topological polar surface area (TPSA) is 117 Å². The highest BCUT2D eigenvalue weighted by Crippen LogP contribution is 2.18. The Morgan fingerprint density at radius 2 is 1.80 bits per heavy atom. The fraction of sp³-hybridized carbons (Fsp3) is 0.320. The number of carbonyl (C=O) groups is 1. The Balaban J connectivity index is 1.23.